The first kappa shape index (κ1) is 16.1. The molecule has 0 bridgehead atoms. The average molecular weight is 310 g/mol. The summed E-state index contributed by atoms with van der Waals surface area (Å²) in [5.41, 5.74) is 1.99. The van der Waals surface area contributed by atoms with Crippen molar-refractivity contribution >= 4 is 22.6 Å². The normalized spacial score (nSPS) is 13.0. The van der Waals surface area contributed by atoms with Gasteiger partial charge in [0.05, 0.1) is 17.5 Å². The van der Waals surface area contributed by atoms with Crippen LogP contribution in [0.1, 0.15) is 32.0 Å². The van der Waals surface area contributed by atoms with Gasteiger partial charge in [-0.05, 0) is 39.6 Å². The molecule has 0 radical (unpaired) electrons. The van der Waals surface area contributed by atoms with Crippen molar-refractivity contribution in [3.8, 4) is 5.75 Å². The summed E-state index contributed by atoms with van der Waals surface area (Å²) >= 11 is 6.32. The van der Waals surface area contributed by atoms with E-state index in [4.69, 9.17) is 21.3 Å². The zero-order chi connectivity index (χ0) is 15.4. The Labute approximate surface area is 131 Å². The van der Waals surface area contributed by atoms with Crippen molar-refractivity contribution < 1.29 is 4.74 Å². The summed E-state index contributed by atoms with van der Waals surface area (Å²) in [7, 11) is 2.12. The molecule has 0 amide bonds. The van der Waals surface area contributed by atoms with Crippen molar-refractivity contribution in [1.29, 1.82) is 0 Å². The zero-order valence-electron chi connectivity index (χ0n) is 13.3. The number of imidazole rings is 1. The van der Waals surface area contributed by atoms with Crippen LogP contribution in [-0.2, 0) is 6.54 Å². The number of aromatic nitrogens is 2. The van der Waals surface area contributed by atoms with Crippen molar-refractivity contribution in [3.63, 3.8) is 0 Å². The van der Waals surface area contributed by atoms with Gasteiger partial charge in [-0.3, -0.25) is 0 Å². The summed E-state index contributed by atoms with van der Waals surface area (Å²) in [6, 6.07) is 6.06. The molecule has 1 aromatic carbocycles. The molecule has 116 valence electrons. The number of hydrogen-bond acceptors (Lipinski definition) is 3. The number of nitrogens with zero attached hydrogens (tertiary/aromatic N) is 3. The highest BCUT2D eigenvalue weighted by Gasteiger charge is 2.17. The molecule has 0 fully saturated rings. The molecule has 0 spiro atoms. The van der Waals surface area contributed by atoms with E-state index in [1.807, 2.05) is 26.0 Å². The first-order valence-electron chi connectivity index (χ1n) is 7.53. The Morgan fingerprint density at radius 2 is 2.14 bits per heavy atom. The second kappa shape index (κ2) is 7.14. The molecule has 21 heavy (non-hydrogen) atoms. The summed E-state index contributed by atoms with van der Waals surface area (Å²) < 4.78 is 7.89. The predicted molar refractivity (Wildman–Crippen MR) is 88.3 cm³/mol. The summed E-state index contributed by atoms with van der Waals surface area (Å²) in [5.74, 6) is 1.74. The molecule has 0 saturated heterocycles. The second-order valence-electron chi connectivity index (χ2n) is 5.19. The second-order valence-corrected chi connectivity index (χ2v) is 5.85. The molecule has 4 nitrogen and oxygen atoms in total. The predicted octanol–water partition coefficient (Wildman–Crippen LogP) is 3.69. The summed E-state index contributed by atoms with van der Waals surface area (Å²) in [6.45, 7) is 9.61. The number of likely N-dealkylation sites (N-methyl/N-ethyl adjacent to an activating group) is 1. The van der Waals surface area contributed by atoms with E-state index in [0.29, 0.717) is 6.61 Å². The Kier molecular flexibility index (Phi) is 5.48. The third kappa shape index (κ3) is 3.50. The molecule has 1 heterocycles. The Morgan fingerprint density at radius 1 is 1.38 bits per heavy atom. The maximum atomic E-state index is 6.32. The monoisotopic (exact) mass is 309 g/mol. The van der Waals surface area contributed by atoms with E-state index in [1.165, 1.54) is 0 Å². The number of ether oxygens (including phenoxy) is 1. The third-order valence-electron chi connectivity index (χ3n) is 3.67. The molecule has 2 rings (SSSR count). The third-order valence-corrected chi connectivity index (χ3v) is 3.87. The Hall–Kier alpha value is -1.26. The minimum absolute atomic E-state index is 0.126. The molecule has 1 unspecified atom stereocenters. The highest BCUT2D eigenvalue weighted by molar-refractivity contribution is 6.20. The van der Waals surface area contributed by atoms with Crippen molar-refractivity contribution in [1.82, 2.24) is 14.5 Å². The van der Waals surface area contributed by atoms with Crippen molar-refractivity contribution in [2.45, 2.75) is 32.7 Å². The van der Waals surface area contributed by atoms with Gasteiger partial charge in [0, 0.05) is 13.1 Å². The van der Waals surface area contributed by atoms with E-state index in [0.717, 1.165) is 42.2 Å². The highest BCUT2D eigenvalue weighted by atomic mass is 35.5. The van der Waals surface area contributed by atoms with Crippen LogP contribution in [0.25, 0.3) is 11.0 Å². The van der Waals surface area contributed by atoms with E-state index in [2.05, 4.69) is 29.5 Å². The van der Waals surface area contributed by atoms with Gasteiger partial charge in [0.15, 0.2) is 0 Å². The number of alkyl halides is 1. The quantitative estimate of drug-likeness (QED) is 0.731. The molecular weight excluding hydrogens is 286 g/mol. The summed E-state index contributed by atoms with van der Waals surface area (Å²) in [4.78, 5) is 7.00. The van der Waals surface area contributed by atoms with E-state index < -0.39 is 0 Å². The molecule has 1 atom stereocenters. The number of fused-ring (bicyclic) bond motifs is 1. The number of benzene rings is 1. The van der Waals surface area contributed by atoms with Gasteiger partial charge >= 0.3 is 0 Å². The van der Waals surface area contributed by atoms with Gasteiger partial charge in [0.1, 0.15) is 17.1 Å². The fourth-order valence-corrected chi connectivity index (χ4v) is 2.55. The lowest BCUT2D eigenvalue weighted by molar-refractivity contribution is 0.335. The van der Waals surface area contributed by atoms with Crippen LogP contribution in [0.2, 0.25) is 0 Å². The lowest BCUT2D eigenvalue weighted by Crippen LogP contribution is -2.23. The van der Waals surface area contributed by atoms with Crippen molar-refractivity contribution in [2.24, 2.45) is 0 Å². The maximum Gasteiger partial charge on any atom is 0.147 e. The van der Waals surface area contributed by atoms with Gasteiger partial charge in [-0.2, -0.15) is 0 Å². The van der Waals surface area contributed by atoms with Crippen LogP contribution in [0.3, 0.4) is 0 Å². The Morgan fingerprint density at radius 3 is 2.76 bits per heavy atom. The van der Waals surface area contributed by atoms with Crippen molar-refractivity contribution in [2.75, 3.05) is 26.7 Å². The number of para-hydroxylation sites is 1. The van der Waals surface area contributed by atoms with Gasteiger partial charge in [-0.1, -0.05) is 13.0 Å². The smallest absolute Gasteiger partial charge is 0.147 e. The minimum Gasteiger partial charge on any atom is -0.492 e. The van der Waals surface area contributed by atoms with Gasteiger partial charge in [0.25, 0.3) is 0 Å². The van der Waals surface area contributed by atoms with Gasteiger partial charge in [-0.15, -0.1) is 11.6 Å². The molecule has 1 aromatic heterocycles. The summed E-state index contributed by atoms with van der Waals surface area (Å²) in [5, 5.41) is -0.126. The van der Waals surface area contributed by atoms with Crippen LogP contribution in [0, 0.1) is 0 Å². The highest BCUT2D eigenvalue weighted by Crippen LogP contribution is 2.30. The van der Waals surface area contributed by atoms with Gasteiger partial charge < -0.3 is 14.2 Å². The molecule has 0 N–H and O–H groups in total. The SMILES string of the molecule is CCOc1cccc2c1nc(C(C)Cl)n2CCN(C)CC. The Balaban J connectivity index is 2.45. The van der Waals surface area contributed by atoms with Crippen LogP contribution in [0.4, 0.5) is 0 Å². The topological polar surface area (TPSA) is 30.3 Å². The van der Waals surface area contributed by atoms with Crippen LogP contribution in [0.15, 0.2) is 18.2 Å². The fourth-order valence-electron chi connectivity index (χ4n) is 2.38. The van der Waals surface area contributed by atoms with Gasteiger partial charge in [0.2, 0.25) is 0 Å². The molecule has 0 aliphatic rings. The van der Waals surface area contributed by atoms with Crippen LogP contribution >= 0.6 is 11.6 Å². The lowest BCUT2D eigenvalue weighted by Gasteiger charge is -2.16. The first-order valence-corrected chi connectivity index (χ1v) is 7.96. The minimum atomic E-state index is -0.126. The molecule has 0 saturated carbocycles. The summed E-state index contributed by atoms with van der Waals surface area (Å²) in [6.07, 6.45) is 0. The molecule has 5 heteroatoms. The van der Waals surface area contributed by atoms with Gasteiger partial charge in [-0.25, -0.2) is 4.98 Å². The Bertz CT molecular complexity index is 594. The lowest BCUT2D eigenvalue weighted by atomic mass is 10.3. The maximum absolute atomic E-state index is 6.32. The molecule has 0 aliphatic heterocycles. The van der Waals surface area contributed by atoms with Crippen LogP contribution in [-0.4, -0.2) is 41.2 Å². The van der Waals surface area contributed by atoms with Crippen LogP contribution < -0.4 is 4.74 Å². The van der Waals surface area contributed by atoms with Crippen LogP contribution in [0.5, 0.6) is 5.75 Å². The number of rotatable bonds is 7. The van der Waals surface area contributed by atoms with E-state index in [1.54, 1.807) is 0 Å². The van der Waals surface area contributed by atoms with E-state index in [9.17, 15) is 0 Å². The first-order chi connectivity index (χ1) is 10.1. The standard InChI is InChI=1S/C16H24ClN3O/c1-5-19(4)10-11-20-13-8-7-9-14(21-6-2)15(13)18-16(20)12(3)17/h7-9,12H,5-6,10-11H2,1-4H3. The average Bonchev–Trinajstić information content (AvgIpc) is 2.85. The van der Waals surface area contributed by atoms with Crippen molar-refractivity contribution in [3.05, 3.63) is 24.0 Å². The van der Waals surface area contributed by atoms with E-state index >= 15 is 0 Å². The number of hydrogen-bond donors (Lipinski definition) is 0. The number of halogens is 1. The largest absolute Gasteiger partial charge is 0.492 e. The molecular formula is C16H24ClN3O. The zero-order valence-corrected chi connectivity index (χ0v) is 14.0. The molecule has 2 aromatic rings. The molecule has 0 aliphatic carbocycles. The fraction of sp³-hybridized carbons (Fsp3) is 0.562. The van der Waals surface area contributed by atoms with E-state index in [-0.39, 0.29) is 5.38 Å².